The first kappa shape index (κ1) is 12.4. The predicted molar refractivity (Wildman–Crippen MR) is 63.3 cm³/mol. The molecule has 0 unspecified atom stereocenters. The number of urea groups is 1. The van der Waals surface area contributed by atoms with Crippen LogP contribution in [0.3, 0.4) is 0 Å². The van der Waals surface area contributed by atoms with Crippen molar-refractivity contribution in [1.82, 2.24) is 5.32 Å². The first-order valence-electron chi connectivity index (χ1n) is 4.30. The first-order valence-corrected chi connectivity index (χ1v) is 7.13. The summed E-state index contributed by atoms with van der Waals surface area (Å²) in [4.78, 5) is 11.2. The van der Waals surface area contributed by atoms with Crippen LogP contribution in [0.1, 0.15) is 0 Å². The van der Waals surface area contributed by atoms with Crippen molar-refractivity contribution < 1.29 is 8.53 Å². The Morgan fingerprint density at radius 2 is 2.00 bits per heavy atom. The standard InChI is InChI=1S/C9H10AsBrN2O2/c11-5-6-12-9(14)13-8-3-1-7(10-15)2-4-8/h1-4H,5-6H2,(H2,12,13,14). The average Bonchev–Trinajstić information content (AvgIpc) is 2.27. The van der Waals surface area contributed by atoms with Gasteiger partial charge in [-0.3, -0.25) is 0 Å². The number of halogens is 1. The van der Waals surface area contributed by atoms with Crippen LogP contribution in [0.25, 0.3) is 0 Å². The normalized spacial score (nSPS) is 9.93. The second kappa shape index (κ2) is 6.75. The molecule has 0 bridgehead atoms. The van der Waals surface area contributed by atoms with Crippen LogP contribution >= 0.6 is 15.9 Å². The molecule has 0 saturated carbocycles. The van der Waals surface area contributed by atoms with E-state index in [1.54, 1.807) is 24.3 Å². The van der Waals surface area contributed by atoms with E-state index in [4.69, 9.17) is 0 Å². The molecule has 0 atom stereocenters. The molecule has 0 fully saturated rings. The van der Waals surface area contributed by atoms with Crippen molar-refractivity contribution in [3.8, 4) is 0 Å². The quantitative estimate of drug-likeness (QED) is 0.635. The van der Waals surface area contributed by atoms with E-state index in [9.17, 15) is 8.53 Å². The molecule has 1 aromatic rings. The van der Waals surface area contributed by atoms with Gasteiger partial charge in [0.2, 0.25) is 0 Å². The molecule has 0 aliphatic carbocycles. The molecule has 0 aliphatic rings. The molecule has 2 N–H and O–H groups in total. The molecule has 15 heavy (non-hydrogen) atoms. The first-order chi connectivity index (χ1) is 7.26. The summed E-state index contributed by atoms with van der Waals surface area (Å²) in [7, 11) is 0. The zero-order valence-electron chi connectivity index (χ0n) is 7.87. The molecule has 2 amide bonds. The third kappa shape index (κ3) is 4.58. The third-order valence-electron chi connectivity index (χ3n) is 1.61. The molecule has 0 spiro atoms. The Bertz CT molecular complexity index is 342. The molecular weight excluding hydrogens is 323 g/mol. The summed E-state index contributed by atoms with van der Waals surface area (Å²) in [6.45, 7) is 0.579. The Morgan fingerprint density at radius 3 is 2.53 bits per heavy atom. The van der Waals surface area contributed by atoms with Gasteiger partial charge in [-0.05, 0) is 0 Å². The van der Waals surface area contributed by atoms with Crippen molar-refractivity contribution in [2.45, 2.75) is 0 Å². The number of nitrogens with one attached hydrogen (secondary N) is 2. The van der Waals surface area contributed by atoms with Gasteiger partial charge in [-0.1, -0.05) is 0 Å². The number of benzene rings is 1. The van der Waals surface area contributed by atoms with Crippen molar-refractivity contribution in [3.05, 3.63) is 24.3 Å². The topological polar surface area (TPSA) is 58.2 Å². The van der Waals surface area contributed by atoms with Gasteiger partial charge in [-0.2, -0.15) is 0 Å². The van der Waals surface area contributed by atoms with Crippen LogP contribution in [0.5, 0.6) is 0 Å². The van der Waals surface area contributed by atoms with Crippen LogP contribution in [0.15, 0.2) is 24.3 Å². The Labute approximate surface area is 103 Å². The Balaban J connectivity index is 2.49. The fourth-order valence-corrected chi connectivity index (χ4v) is 1.71. The molecular formula is C9H10AsBrN2O2. The fraction of sp³-hybridized carbons (Fsp3) is 0.222. The summed E-state index contributed by atoms with van der Waals surface area (Å²) in [5.41, 5.74) is 0.695. The monoisotopic (exact) mass is 332 g/mol. The molecule has 1 rings (SSSR count). The van der Waals surface area contributed by atoms with E-state index >= 15 is 0 Å². The zero-order valence-corrected chi connectivity index (χ0v) is 11.3. The Morgan fingerprint density at radius 1 is 1.33 bits per heavy atom. The van der Waals surface area contributed by atoms with Crippen LogP contribution in [0.4, 0.5) is 10.5 Å². The number of hydrogen-bond acceptors (Lipinski definition) is 2. The maximum absolute atomic E-state index is 11.2. The molecule has 0 saturated heterocycles. The molecule has 0 heterocycles. The zero-order chi connectivity index (χ0) is 11.1. The summed E-state index contributed by atoms with van der Waals surface area (Å²) in [6, 6.07) is 6.71. The number of anilines is 1. The van der Waals surface area contributed by atoms with Crippen molar-refractivity contribution in [2.24, 2.45) is 0 Å². The minimum absolute atomic E-state index is 0.238. The van der Waals surface area contributed by atoms with Crippen molar-refractivity contribution in [1.29, 1.82) is 0 Å². The van der Waals surface area contributed by atoms with Crippen molar-refractivity contribution in [3.63, 3.8) is 0 Å². The van der Waals surface area contributed by atoms with E-state index in [1.807, 2.05) is 0 Å². The van der Waals surface area contributed by atoms with Crippen LogP contribution in [0, 0.1) is 0 Å². The van der Waals surface area contributed by atoms with Gasteiger partial charge in [0.1, 0.15) is 0 Å². The Hall–Kier alpha value is -0.672. The molecule has 0 radical (unpaired) electrons. The van der Waals surface area contributed by atoms with Crippen LogP contribution < -0.4 is 15.0 Å². The van der Waals surface area contributed by atoms with Gasteiger partial charge >= 0.3 is 103 Å². The van der Waals surface area contributed by atoms with Crippen molar-refractivity contribution in [2.75, 3.05) is 17.2 Å². The summed E-state index contributed by atoms with van der Waals surface area (Å²) in [5.74, 6) is 0. The second-order valence-corrected chi connectivity index (χ2v) is 4.97. The van der Waals surface area contributed by atoms with Gasteiger partial charge in [0, 0.05) is 0 Å². The van der Waals surface area contributed by atoms with Gasteiger partial charge in [0.15, 0.2) is 0 Å². The minimum atomic E-state index is -0.989. The van der Waals surface area contributed by atoms with E-state index in [0.29, 0.717) is 12.2 Å². The van der Waals surface area contributed by atoms with Gasteiger partial charge < -0.3 is 0 Å². The molecule has 1 aromatic carbocycles. The van der Waals surface area contributed by atoms with Crippen LogP contribution in [-0.2, 0) is 3.74 Å². The van der Waals surface area contributed by atoms with E-state index in [-0.39, 0.29) is 6.03 Å². The number of carbonyl (C=O) groups is 1. The molecule has 6 heteroatoms. The van der Waals surface area contributed by atoms with Crippen LogP contribution in [-0.4, -0.2) is 33.6 Å². The number of amides is 2. The van der Waals surface area contributed by atoms with E-state index in [1.165, 1.54) is 0 Å². The Kier molecular flexibility index (Phi) is 5.58. The fourth-order valence-electron chi connectivity index (χ4n) is 0.942. The third-order valence-corrected chi connectivity index (χ3v) is 3.07. The van der Waals surface area contributed by atoms with Gasteiger partial charge in [0.25, 0.3) is 0 Å². The van der Waals surface area contributed by atoms with Gasteiger partial charge in [-0.15, -0.1) is 0 Å². The molecule has 0 aromatic heterocycles. The number of rotatable bonds is 4. The van der Waals surface area contributed by atoms with Crippen LogP contribution in [0.2, 0.25) is 0 Å². The molecule has 4 nitrogen and oxygen atoms in total. The second-order valence-electron chi connectivity index (χ2n) is 2.71. The van der Waals surface area contributed by atoms with E-state index < -0.39 is 15.7 Å². The van der Waals surface area contributed by atoms with E-state index in [2.05, 4.69) is 26.6 Å². The summed E-state index contributed by atoms with van der Waals surface area (Å²) in [6.07, 6.45) is 0. The number of alkyl halides is 1. The van der Waals surface area contributed by atoms with E-state index in [0.717, 1.165) is 9.68 Å². The number of carbonyl (C=O) groups excluding carboxylic acids is 1. The van der Waals surface area contributed by atoms with Gasteiger partial charge in [-0.25, -0.2) is 0 Å². The number of hydrogen-bond donors (Lipinski definition) is 2. The molecule has 0 aliphatic heterocycles. The summed E-state index contributed by atoms with van der Waals surface area (Å²) >= 11 is 2.22. The average molecular weight is 333 g/mol. The SMILES string of the molecule is O=[As]c1ccc(NC(=O)NCCBr)cc1. The summed E-state index contributed by atoms with van der Waals surface area (Å²) < 4.78 is 11.4. The maximum atomic E-state index is 11.2. The van der Waals surface area contributed by atoms with Gasteiger partial charge in [0.05, 0.1) is 0 Å². The van der Waals surface area contributed by atoms with Crippen molar-refractivity contribution >= 4 is 47.7 Å². The predicted octanol–water partition coefficient (Wildman–Crippen LogP) is 0.878. The summed E-state index contributed by atoms with van der Waals surface area (Å²) in [5, 5.41) is 6.04. The molecule has 80 valence electrons.